The van der Waals surface area contributed by atoms with Gasteiger partial charge in [0.05, 0.1) is 6.54 Å². The van der Waals surface area contributed by atoms with Crippen molar-refractivity contribution in [3.8, 4) is 0 Å². The molecule has 0 aliphatic carbocycles. The smallest absolute Gasteiger partial charge is 0.327 e. The first-order valence-electron chi connectivity index (χ1n) is 2.72. The molecule has 4 heteroatoms. The van der Waals surface area contributed by atoms with Gasteiger partial charge in [0, 0.05) is 6.08 Å². The SMILES string of the molecule is C1=NCCO1.C=CC(=O)O. The predicted octanol–water partition coefficient (Wildman–Crippen LogP) is 0.302. The van der Waals surface area contributed by atoms with Gasteiger partial charge in [0.1, 0.15) is 6.61 Å². The van der Waals surface area contributed by atoms with Crippen LogP contribution in [0.5, 0.6) is 0 Å². The molecule has 0 radical (unpaired) electrons. The normalized spacial score (nSPS) is 12.8. The molecule has 0 amide bonds. The van der Waals surface area contributed by atoms with E-state index in [0.717, 1.165) is 19.2 Å². The van der Waals surface area contributed by atoms with Gasteiger partial charge in [0.25, 0.3) is 0 Å². The van der Waals surface area contributed by atoms with Crippen LogP contribution in [0, 0.1) is 0 Å². The molecule has 0 aromatic heterocycles. The summed E-state index contributed by atoms with van der Waals surface area (Å²) in [7, 11) is 0. The topological polar surface area (TPSA) is 58.9 Å². The number of nitrogens with zero attached hydrogens (tertiary/aromatic N) is 1. The van der Waals surface area contributed by atoms with E-state index < -0.39 is 5.97 Å². The maximum absolute atomic E-state index is 9.25. The Hall–Kier alpha value is -1.32. The summed E-state index contributed by atoms with van der Waals surface area (Å²) in [5.74, 6) is -0.981. The lowest BCUT2D eigenvalue weighted by Crippen LogP contribution is -1.82. The molecule has 56 valence electrons. The van der Waals surface area contributed by atoms with Crippen LogP contribution >= 0.6 is 0 Å². The molecule has 1 rings (SSSR count). The number of carbonyl (C=O) groups is 1. The monoisotopic (exact) mass is 143 g/mol. The molecule has 0 saturated heterocycles. The fourth-order valence-corrected chi connectivity index (χ4v) is 0.264. The number of carboxylic acids is 1. The van der Waals surface area contributed by atoms with Gasteiger partial charge in [-0.3, -0.25) is 4.99 Å². The van der Waals surface area contributed by atoms with E-state index in [2.05, 4.69) is 16.3 Å². The van der Waals surface area contributed by atoms with Crippen LogP contribution < -0.4 is 0 Å². The van der Waals surface area contributed by atoms with Gasteiger partial charge in [-0.2, -0.15) is 0 Å². The van der Waals surface area contributed by atoms with Gasteiger partial charge in [-0.1, -0.05) is 6.58 Å². The number of rotatable bonds is 1. The van der Waals surface area contributed by atoms with Gasteiger partial charge in [-0.05, 0) is 0 Å². The zero-order valence-corrected chi connectivity index (χ0v) is 5.49. The molecule has 0 bridgehead atoms. The first-order chi connectivity index (χ1) is 4.77. The molecule has 4 nitrogen and oxygen atoms in total. The van der Waals surface area contributed by atoms with Crippen LogP contribution in [0.4, 0.5) is 0 Å². The molecule has 10 heavy (non-hydrogen) atoms. The van der Waals surface area contributed by atoms with Gasteiger partial charge < -0.3 is 9.84 Å². The number of hydrogen-bond donors (Lipinski definition) is 1. The molecular formula is C6H9NO3. The number of aliphatic imine (C=N–C) groups is 1. The lowest BCUT2D eigenvalue weighted by atomic mass is 10.7. The average Bonchev–Trinajstić information content (AvgIpc) is 2.43. The third kappa shape index (κ3) is 6.68. The summed E-state index contributed by atoms with van der Waals surface area (Å²) in [6, 6.07) is 0. The minimum atomic E-state index is -0.981. The summed E-state index contributed by atoms with van der Waals surface area (Å²) in [6.45, 7) is 4.59. The molecule has 1 aliphatic rings. The molecular weight excluding hydrogens is 134 g/mol. The molecule has 1 aliphatic heterocycles. The van der Waals surface area contributed by atoms with Crippen LogP contribution in [0.15, 0.2) is 17.6 Å². The van der Waals surface area contributed by atoms with E-state index in [1.165, 1.54) is 6.40 Å². The van der Waals surface area contributed by atoms with Crippen molar-refractivity contribution in [3.05, 3.63) is 12.7 Å². The summed E-state index contributed by atoms with van der Waals surface area (Å²) in [5.41, 5.74) is 0. The van der Waals surface area contributed by atoms with Crippen LogP contribution in [0.1, 0.15) is 0 Å². The molecule has 0 fully saturated rings. The van der Waals surface area contributed by atoms with Crippen molar-refractivity contribution in [1.29, 1.82) is 0 Å². The number of hydrogen-bond acceptors (Lipinski definition) is 3. The van der Waals surface area contributed by atoms with E-state index in [4.69, 9.17) is 5.11 Å². The van der Waals surface area contributed by atoms with Crippen molar-refractivity contribution in [1.82, 2.24) is 0 Å². The number of ether oxygens (including phenoxy) is 1. The minimum absolute atomic E-state index is 0.778. The second-order valence-electron chi connectivity index (χ2n) is 1.42. The highest BCUT2D eigenvalue weighted by atomic mass is 16.5. The summed E-state index contributed by atoms with van der Waals surface area (Å²) in [4.78, 5) is 13.0. The van der Waals surface area contributed by atoms with Crippen LogP contribution in [0.2, 0.25) is 0 Å². The third-order valence-corrected chi connectivity index (χ3v) is 0.662. The van der Waals surface area contributed by atoms with Gasteiger partial charge in [0.2, 0.25) is 0 Å². The average molecular weight is 143 g/mol. The zero-order valence-electron chi connectivity index (χ0n) is 5.49. The van der Waals surface area contributed by atoms with E-state index in [1.807, 2.05) is 0 Å². The van der Waals surface area contributed by atoms with E-state index >= 15 is 0 Å². The van der Waals surface area contributed by atoms with Crippen molar-refractivity contribution in [3.63, 3.8) is 0 Å². The maximum Gasteiger partial charge on any atom is 0.327 e. The van der Waals surface area contributed by atoms with Gasteiger partial charge in [-0.25, -0.2) is 4.79 Å². The van der Waals surface area contributed by atoms with Crippen LogP contribution in [-0.2, 0) is 9.53 Å². The Bertz CT molecular complexity index is 136. The largest absolute Gasteiger partial charge is 0.482 e. The Labute approximate surface area is 58.8 Å². The van der Waals surface area contributed by atoms with Gasteiger partial charge >= 0.3 is 5.97 Å². The summed E-state index contributed by atoms with van der Waals surface area (Å²) < 4.78 is 4.65. The van der Waals surface area contributed by atoms with Gasteiger partial charge in [-0.15, -0.1) is 0 Å². The van der Waals surface area contributed by atoms with Crippen molar-refractivity contribution in [2.24, 2.45) is 4.99 Å². The lowest BCUT2D eigenvalue weighted by Gasteiger charge is -1.76. The number of aliphatic carboxylic acids is 1. The standard InChI is InChI=1S/C3H5NO.C3H4O2/c1-2-5-3-4-1;1-2-3(4)5/h3H,1-2H2;2H,1H2,(H,4,5). The zero-order chi connectivity index (χ0) is 7.82. The van der Waals surface area contributed by atoms with E-state index in [0.29, 0.717) is 0 Å². The van der Waals surface area contributed by atoms with Crippen LogP contribution in [0.25, 0.3) is 0 Å². The Balaban J connectivity index is 0.000000162. The first kappa shape index (κ1) is 8.68. The lowest BCUT2D eigenvalue weighted by molar-refractivity contribution is -0.131. The molecule has 0 aromatic carbocycles. The number of carboxylic acid groups (broad SMARTS) is 1. The highest BCUT2D eigenvalue weighted by molar-refractivity contribution is 5.78. The molecule has 1 heterocycles. The van der Waals surface area contributed by atoms with Gasteiger partial charge in [0.15, 0.2) is 6.40 Å². The maximum atomic E-state index is 9.25. The molecule has 0 saturated carbocycles. The van der Waals surface area contributed by atoms with E-state index in [1.54, 1.807) is 0 Å². The third-order valence-electron chi connectivity index (χ3n) is 0.662. The Morgan fingerprint density at radius 3 is 2.60 bits per heavy atom. The quantitative estimate of drug-likeness (QED) is 0.537. The van der Waals surface area contributed by atoms with Crippen molar-refractivity contribution < 1.29 is 14.6 Å². The Morgan fingerprint density at radius 1 is 1.90 bits per heavy atom. The van der Waals surface area contributed by atoms with Crippen molar-refractivity contribution in [2.75, 3.05) is 13.2 Å². The Kier molecular flexibility index (Phi) is 5.04. The minimum Gasteiger partial charge on any atom is -0.482 e. The fraction of sp³-hybridized carbons (Fsp3) is 0.333. The molecule has 0 aromatic rings. The summed E-state index contributed by atoms with van der Waals surface area (Å²) in [5, 5.41) is 7.60. The molecule has 0 spiro atoms. The van der Waals surface area contributed by atoms with E-state index in [-0.39, 0.29) is 0 Å². The second-order valence-corrected chi connectivity index (χ2v) is 1.42. The second kappa shape index (κ2) is 5.81. The van der Waals surface area contributed by atoms with Crippen LogP contribution in [-0.4, -0.2) is 30.6 Å². The van der Waals surface area contributed by atoms with Crippen molar-refractivity contribution >= 4 is 12.4 Å². The molecule has 0 atom stereocenters. The Morgan fingerprint density at radius 2 is 2.50 bits per heavy atom. The van der Waals surface area contributed by atoms with Crippen LogP contribution in [0.3, 0.4) is 0 Å². The molecule has 0 unspecified atom stereocenters. The van der Waals surface area contributed by atoms with Crippen molar-refractivity contribution in [2.45, 2.75) is 0 Å². The summed E-state index contributed by atoms with van der Waals surface area (Å²) in [6.07, 6.45) is 2.32. The fourth-order valence-electron chi connectivity index (χ4n) is 0.264. The molecule has 1 N–H and O–H groups in total. The first-order valence-corrected chi connectivity index (χ1v) is 2.72. The highest BCUT2D eigenvalue weighted by Gasteiger charge is 1.84. The summed E-state index contributed by atoms with van der Waals surface area (Å²) >= 11 is 0. The highest BCUT2D eigenvalue weighted by Crippen LogP contribution is 1.78. The predicted molar refractivity (Wildman–Crippen MR) is 37.1 cm³/mol. The van der Waals surface area contributed by atoms with E-state index in [9.17, 15) is 4.79 Å².